The Morgan fingerprint density at radius 3 is 2.17 bits per heavy atom. The van der Waals surface area contributed by atoms with Crippen LogP contribution in [0.2, 0.25) is 0 Å². The lowest BCUT2D eigenvalue weighted by Gasteiger charge is -2.32. The molecule has 40 heavy (non-hydrogen) atoms. The number of para-hydroxylation sites is 2. The van der Waals surface area contributed by atoms with Crippen LogP contribution in [0.25, 0.3) is 0 Å². The number of anilines is 1. The second-order valence-electron chi connectivity index (χ2n) is 9.99. The molecular formula is C31H39N3O5S. The van der Waals surface area contributed by atoms with Crippen LogP contribution in [0, 0.1) is 12.8 Å². The van der Waals surface area contributed by atoms with Gasteiger partial charge in [-0.05, 0) is 62.1 Å². The minimum atomic E-state index is -4.17. The molecular weight excluding hydrogens is 526 g/mol. The van der Waals surface area contributed by atoms with Gasteiger partial charge in [-0.2, -0.15) is 0 Å². The highest BCUT2D eigenvalue weighted by Crippen LogP contribution is 2.33. The molecule has 9 heteroatoms. The average Bonchev–Trinajstić information content (AvgIpc) is 2.94. The molecule has 0 aliphatic heterocycles. The van der Waals surface area contributed by atoms with Crippen molar-refractivity contribution < 1.29 is 22.7 Å². The zero-order valence-corrected chi connectivity index (χ0v) is 24.6. The molecule has 3 aromatic rings. The predicted octanol–water partition coefficient (Wildman–Crippen LogP) is 4.78. The first-order chi connectivity index (χ1) is 19.1. The molecule has 1 N–H and O–H groups in total. The topological polar surface area (TPSA) is 96.0 Å². The van der Waals surface area contributed by atoms with E-state index in [0.29, 0.717) is 18.9 Å². The number of nitrogens with one attached hydrogen (secondary N) is 1. The molecule has 0 saturated heterocycles. The highest BCUT2D eigenvalue weighted by Gasteiger charge is 2.33. The Labute approximate surface area is 238 Å². The smallest absolute Gasteiger partial charge is 0.264 e. The fraction of sp³-hybridized carbons (Fsp3) is 0.355. The Balaban J connectivity index is 2.06. The average molecular weight is 566 g/mol. The summed E-state index contributed by atoms with van der Waals surface area (Å²) < 4.78 is 34.7. The largest absolute Gasteiger partial charge is 0.492 e. The lowest BCUT2D eigenvalue weighted by molar-refractivity contribution is -0.139. The first-order valence-corrected chi connectivity index (χ1v) is 14.9. The van der Waals surface area contributed by atoms with Gasteiger partial charge in [0.2, 0.25) is 11.8 Å². The van der Waals surface area contributed by atoms with Gasteiger partial charge in [0.15, 0.2) is 0 Å². The van der Waals surface area contributed by atoms with Gasteiger partial charge in [0.25, 0.3) is 10.0 Å². The van der Waals surface area contributed by atoms with Crippen LogP contribution in [-0.4, -0.2) is 50.9 Å². The summed E-state index contributed by atoms with van der Waals surface area (Å²) in [6.07, 6.45) is 0. The number of benzene rings is 3. The third-order valence-electron chi connectivity index (χ3n) is 6.50. The number of carbonyl (C=O) groups is 2. The number of aryl methyl sites for hydroxylation is 1. The fourth-order valence-electron chi connectivity index (χ4n) is 4.18. The lowest BCUT2D eigenvalue weighted by atomic mass is 10.1. The van der Waals surface area contributed by atoms with Crippen molar-refractivity contribution in [3.63, 3.8) is 0 Å². The normalized spacial score (nSPS) is 12.1. The second-order valence-corrected chi connectivity index (χ2v) is 11.9. The molecule has 3 aromatic carbocycles. The van der Waals surface area contributed by atoms with Crippen LogP contribution in [0.5, 0.6) is 5.75 Å². The highest BCUT2D eigenvalue weighted by atomic mass is 32.2. The quantitative estimate of drug-likeness (QED) is 0.322. The number of hydrogen-bond acceptors (Lipinski definition) is 5. The Morgan fingerprint density at radius 1 is 0.900 bits per heavy atom. The molecule has 0 bridgehead atoms. The lowest BCUT2D eigenvalue weighted by Crippen LogP contribution is -2.51. The Bertz CT molecular complexity index is 1390. The maximum atomic E-state index is 14.1. The zero-order valence-electron chi connectivity index (χ0n) is 23.8. The molecule has 0 spiro atoms. The molecule has 0 heterocycles. The van der Waals surface area contributed by atoms with Gasteiger partial charge in [0.1, 0.15) is 18.3 Å². The van der Waals surface area contributed by atoms with Crippen molar-refractivity contribution in [2.45, 2.75) is 52.1 Å². The molecule has 0 unspecified atom stereocenters. The Hall–Kier alpha value is -3.85. The number of ether oxygens (including phenoxy) is 1. The first-order valence-electron chi connectivity index (χ1n) is 13.5. The van der Waals surface area contributed by atoms with Gasteiger partial charge >= 0.3 is 0 Å². The summed E-state index contributed by atoms with van der Waals surface area (Å²) in [4.78, 5) is 28.7. The molecule has 0 aliphatic carbocycles. The van der Waals surface area contributed by atoms with E-state index in [0.717, 1.165) is 15.4 Å². The van der Waals surface area contributed by atoms with Crippen molar-refractivity contribution in [1.29, 1.82) is 0 Å². The Kier molecular flexibility index (Phi) is 10.7. The van der Waals surface area contributed by atoms with Crippen molar-refractivity contribution >= 4 is 27.5 Å². The number of amides is 2. The van der Waals surface area contributed by atoms with Crippen molar-refractivity contribution in [3.05, 3.63) is 90.0 Å². The summed E-state index contributed by atoms with van der Waals surface area (Å²) in [6, 6.07) is 21.5. The summed E-state index contributed by atoms with van der Waals surface area (Å²) in [5, 5.41) is 2.90. The van der Waals surface area contributed by atoms with E-state index in [1.165, 1.54) is 17.0 Å². The highest BCUT2D eigenvalue weighted by molar-refractivity contribution is 7.92. The predicted molar refractivity (Wildman–Crippen MR) is 158 cm³/mol. The summed E-state index contributed by atoms with van der Waals surface area (Å²) >= 11 is 0. The minimum Gasteiger partial charge on any atom is -0.492 e. The molecule has 214 valence electrons. The summed E-state index contributed by atoms with van der Waals surface area (Å²) in [6.45, 7) is 9.79. The van der Waals surface area contributed by atoms with Gasteiger partial charge in [-0.3, -0.25) is 13.9 Å². The number of carbonyl (C=O) groups excluding carboxylic acids is 2. The van der Waals surface area contributed by atoms with Crippen LogP contribution in [-0.2, 0) is 26.2 Å². The molecule has 0 saturated carbocycles. The van der Waals surface area contributed by atoms with E-state index in [1.807, 2.05) is 45.0 Å². The first kappa shape index (κ1) is 30.7. The van der Waals surface area contributed by atoms with E-state index >= 15 is 0 Å². The minimum absolute atomic E-state index is 0.0438. The SMILES string of the molecule is CCOc1ccccc1N(CC(=O)N(Cc1ccccc1C)[C@H](C)C(=O)NCC(C)C)S(=O)(=O)c1ccccc1. The maximum Gasteiger partial charge on any atom is 0.264 e. The molecule has 0 fully saturated rings. The van der Waals surface area contributed by atoms with Crippen LogP contribution in [0.1, 0.15) is 38.8 Å². The number of hydrogen-bond donors (Lipinski definition) is 1. The summed E-state index contributed by atoms with van der Waals surface area (Å²) in [5.74, 6) is -0.243. The van der Waals surface area contributed by atoms with Gasteiger partial charge in [-0.25, -0.2) is 8.42 Å². The van der Waals surface area contributed by atoms with Crippen molar-refractivity contribution in [2.24, 2.45) is 5.92 Å². The van der Waals surface area contributed by atoms with E-state index < -0.39 is 28.5 Å². The fourth-order valence-corrected chi connectivity index (χ4v) is 5.63. The number of sulfonamides is 1. The van der Waals surface area contributed by atoms with Gasteiger partial charge in [0.05, 0.1) is 17.2 Å². The standard InChI is InChI=1S/C31H39N3O5S/c1-6-39-29-19-13-12-18-28(29)34(40(37,38)27-16-8-7-9-17-27)22-30(35)33(21-26-15-11-10-14-24(26)4)25(5)31(36)32-20-23(2)3/h7-19,23,25H,6,20-22H2,1-5H3,(H,32,36)/t25-/m1/s1. The van der Waals surface area contributed by atoms with E-state index in [-0.39, 0.29) is 29.0 Å². The van der Waals surface area contributed by atoms with Crippen LogP contribution in [0.4, 0.5) is 5.69 Å². The van der Waals surface area contributed by atoms with Gasteiger partial charge < -0.3 is 15.0 Å². The molecule has 8 nitrogen and oxygen atoms in total. The van der Waals surface area contributed by atoms with E-state index in [4.69, 9.17) is 4.74 Å². The van der Waals surface area contributed by atoms with Crippen LogP contribution in [0.3, 0.4) is 0 Å². The third-order valence-corrected chi connectivity index (χ3v) is 8.27. The van der Waals surface area contributed by atoms with E-state index in [9.17, 15) is 18.0 Å². The second kappa shape index (κ2) is 14.0. The van der Waals surface area contributed by atoms with Gasteiger partial charge in [-0.1, -0.05) is 68.4 Å². The van der Waals surface area contributed by atoms with E-state index in [1.54, 1.807) is 56.3 Å². The van der Waals surface area contributed by atoms with Gasteiger partial charge in [-0.15, -0.1) is 0 Å². The van der Waals surface area contributed by atoms with Crippen molar-refractivity contribution in [3.8, 4) is 5.75 Å². The molecule has 0 radical (unpaired) electrons. The van der Waals surface area contributed by atoms with Crippen LogP contribution >= 0.6 is 0 Å². The third kappa shape index (κ3) is 7.63. The molecule has 3 rings (SSSR count). The maximum absolute atomic E-state index is 14.1. The Morgan fingerprint density at radius 2 is 1.52 bits per heavy atom. The number of rotatable bonds is 13. The van der Waals surface area contributed by atoms with Crippen LogP contribution < -0.4 is 14.4 Å². The molecule has 1 atom stereocenters. The molecule has 0 aromatic heterocycles. The summed E-state index contributed by atoms with van der Waals surface area (Å²) in [7, 11) is -4.17. The van der Waals surface area contributed by atoms with Crippen molar-refractivity contribution in [1.82, 2.24) is 10.2 Å². The summed E-state index contributed by atoms with van der Waals surface area (Å²) in [5.41, 5.74) is 2.08. The van der Waals surface area contributed by atoms with E-state index in [2.05, 4.69) is 5.32 Å². The molecule has 2 amide bonds. The van der Waals surface area contributed by atoms with Crippen LogP contribution in [0.15, 0.2) is 83.8 Å². The molecule has 0 aliphatic rings. The zero-order chi connectivity index (χ0) is 29.3. The number of nitrogens with zero attached hydrogens (tertiary/aromatic N) is 2. The van der Waals surface area contributed by atoms with Gasteiger partial charge in [0, 0.05) is 13.1 Å². The monoisotopic (exact) mass is 565 g/mol. The van der Waals surface area contributed by atoms with Crippen molar-refractivity contribution in [2.75, 3.05) is 24.0 Å².